The van der Waals surface area contributed by atoms with E-state index in [9.17, 15) is 18.5 Å². The van der Waals surface area contributed by atoms with Crippen LogP contribution < -0.4 is 10.1 Å². The topological polar surface area (TPSA) is 99.5 Å². The first-order chi connectivity index (χ1) is 16.4. The highest BCUT2D eigenvalue weighted by atomic mass is 32.2. The molecule has 3 aromatic rings. The Bertz CT molecular complexity index is 1290. The highest BCUT2D eigenvalue weighted by Gasteiger charge is 2.44. The molecule has 0 atom stereocenters. The second-order valence-corrected chi connectivity index (χ2v) is 10.2. The molecule has 4 rings (SSSR count). The lowest BCUT2D eigenvalue weighted by Crippen LogP contribution is -2.37. The van der Waals surface area contributed by atoms with Crippen LogP contribution in [0.4, 0.5) is 5.69 Å². The van der Waals surface area contributed by atoms with Crippen molar-refractivity contribution >= 4 is 21.6 Å². The van der Waals surface area contributed by atoms with Crippen LogP contribution in [0.5, 0.6) is 5.75 Å². The molecular weight excluding hydrogens is 450 g/mol. The Morgan fingerprint density at radius 2 is 1.68 bits per heavy atom. The first-order valence-corrected chi connectivity index (χ1v) is 12.3. The monoisotopic (exact) mass is 475 g/mol. The van der Waals surface area contributed by atoms with Gasteiger partial charge >= 0.3 is 0 Å². The standard InChI is InChI=1S/C26H25N3O4S/c1-33-23-11-13-24(14-12-23)34(31,32)29(17-20-5-3-2-4-6-20)18-25(30)28-22-9-7-21(8-10-22)26(19-27)15-16-26/h2-14H,15-18H2,1H3,(H,28,30). The van der Waals surface area contributed by atoms with Gasteiger partial charge in [-0.2, -0.15) is 9.57 Å². The molecule has 34 heavy (non-hydrogen) atoms. The van der Waals surface area contributed by atoms with E-state index in [1.54, 1.807) is 24.3 Å². The molecule has 174 valence electrons. The number of anilines is 1. The molecule has 3 aromatic carbocycles. The maximum absolute atomic E-state index is 13.4. The molecule has 0 aromatic heterocycles. The molecule has 1 amide bonds. The number of sulfonamides is 1. The van der Waals surface area contributed by atoms with Crippen molar-refractivity contribution in [3.8, 4) is 11.8 Å². The molecule has 1 N–H and O–H groups in total. The average Bonchev–Trinajstić information content (AvgIpc) is 3.66. The Labute approximate surface area is 199 Å². The van der Waals surface area contributed by atoms with Crippen molar-refractivity contribution in [1.29, 1.82) is 5.26 Å². The van der Waals surface area contributed by atoms with Gasteiger partial charge in [0.2, 0.25) is 15.9 Å². The van der Waals surface area contributed by atoms with E-state index in [1.807, 2.05) is 42.5 Å². The number of hydrogen-bond donors (Lipinski definition) is 1. The van der Waals surface area contributed by atoms with E-state index < -0.39 is 21.3 Å². The molecule has 0 unspecified atom stereocenters. The van der Waals surface area contributed by atoms with Gasteiger partial charge in [-0.15, -0.1) is 0 Å². The van der Waals surface area contributed by atoms with Gasteiger partial charge in [-0.05, 0) is 60.4 Å². The minimum Gasteiger partial charge on any atom is -0.497 e. The van der Waals surface area contributed by atoms with Crippen LogP contribution in [-0.2, 0) is 26.8 Å². The zero-order valence-corrected chi connectivity index (χ0v) is 19.6. The molecular formula is C26H25N3O4S. The largest absolute Gasteiger partial charge is 0.497 e. The molecule has 0 radical (unpaired) electrons. The molecule has 0 aliphatic heterocycles. The van der Waals surface area contributed by atoms with Crippen molar-refractivity contribution < 1.29 is 17.9 Å². The van der Waals surface area contributed by atoms with Gasteiger partial charge in [-0.3, -0.25) is 4.79 Å². The Morgan fingerprint density at radius 1 is 1.03 bits per heavy atom. The van der Waals surface area contributed by atoms with Crippen molar-refractivity contribution in [3.05, 3.63) is 90.0 Å². The Morgan fingerprint density at radius 3 is 2.24 bits per heavy atom. The van der Waals surface area contributed by atoms with Crippen molar-refractivity contribution in [2.45, 2.75) is 29.7 Å². The quantitative estimate of drug-likeness (QED) is 0.503. The van der Waals surface area contributed by atoms with Crippen molar-refractivity contribution in [3.63, 3.8) is 0 Å². The summed E-state index contributed by atoms with van der Waals surface area (Å²) in [6.45, 7) is -0.306. The first kappa shape index (κ1) is 23.5. The van der Waals surface area contributed by atoms with Gasteiger partial charge in [0.05, 0.1) is 30.0 Å². The smallest absolute Gasteiger partial charge is 0.243 e. The third-order valence-corrected chi connectivity index (χ3v) is 7.71. The van der Waals surface area contributed by atoms with E-state index in [1.165, 1.54) is 19.2 Å². The third kappa shape index (κ3) is 5.11. The number of nitriles is 1. The molecule has 0 spiro atoms. The molecule has 1 saturated carbocycles. The van der Waals surface area contributed by atoms with Gasteiger partial charge < -0.3 is 10.1 Å². The number of methoxy groups -OCH3 is 1. The van der Waals surface area contributed by atoms with Crippen LogP contribution in [0.25, 0.3) is 0 Å². The molecule has 1 fully saturated rings. The number of ether oxygens (including phenoxy) is 1. The van der Waals surface area contributed by atoms with Gasteiger partial charge in [0, 0.05) is 12.2 Å². The fourth-order valence-corrected chi connectivity index (χ4v) is 5.12. The zero-order valence-electron chi connectivity index (χ0n) is 18.8. The molecule has 0 bridgehead atoms. The molecule has 0 saturated heterocycles. The predicted molar refractivity (Wildman–Crippen MR) is 129 cm³/mol. The van der Waals surface area contributed by atoms with Crippen molar-refractivity contribution in [2.24, 2.45) is 0 Å². The highest BCUT2D eigenvalue weighted by Crippen LogP contribution is 2.47. The Hall–Kier alpha value is -3.67. The van der Waals surface area contributed by atoms with Gasteiger partial charge in [0.25, 0.3) is 0 Å². The van der Waals surface area contributed by atoms with E-state index in [0.717, 1.165) is 28.3 Å². The number of hydrogen-bond acceptors (Lipinski definition) is 5. The molecule has 8 heteroatoms. The average molecular weight is 476 g/mol. The fourth-order valence-electron chi connectivity index (χ4n) is 3.73. The number of nitrogens with zero attached hydrogens (tertiary/aromatic N) is 2. The normalized spacial score (nSPS) is 14.3. The van der Waals surface area contributed by atoms with E-state index in [0.29, 0.717) is 11.4 Å². The van der Waals surface area contributed by atoms with Crippen molar-refractivity contribution in [2.75, 3.05) is 19.0 Å². The van der Waals surface area contributed by atoms with E-state index in [2.05, 4.69) is 11.4 Å². The van der Waals surface area contributed by atoms with Gasteiger partial charge in [-0.1, -0.05) is 42.5 Å². The number of benzene rings is 3. The number of rotatable bonds is 9. The van der Waals surface area contributed by atoms with Crippen LogP contribution in [0, 0.1) is 11.3 Å². The van der Waals surface area contributed by atoms with Crippen LogP contribution in [0.2, 0.25) is 0 Å². The third-order valence-electron chi connectivity index (χ3n) is 5.90. The number of amides is 1. The summed E-state index contributed by atoms with van der Waals surface area (Å²) in [6, 6.07) is 24.7. The Kier molecular flexibility index (Phi) is 6.68. The molecule has 1 aliphatic rings. The molecule has 7 nitrogen and oxygen atoms in total. The van der Waals surface area contributed by atoms with Gasteiger partial charge in [-0.25, -0.2) is 8.42 Å². The van der Waals surface area contributed by atoms with E-state index in [-0.39, 0.29) is 18.0 Å². The Balaban J connectivity index is 1.52. The molecule has 0 heterocycles. The predicted octanol–water partition coefficient (Wildman–Crippen LogP) is 4.08. The lowest BCUT2D eigenvalue weighted by molar-refractivity contribution is -0.116. The summed E-state index contributed by atoms with van der Waals surface area (Å²) in [4.78, 5) is 12.9. The van der Waals surface area contributed by atoms with Gasteiger partial charge in [0.1, 0.15) is 5.75 Å². The van der Waals surface area contributed by atoms with E-state index in [4.69, 9.17) is 4.74 Å². The number of carbonyl (C=O) groups excluding carboxylic acids is 1. The highest BCUT2D eigenvalue weighted by molar-refractivity contribution is 7.89. The maximum Gasteiger partial charge on any atom is 0.243 e. The fraction of sp³-hybridized carbons (Fsp3) is 0.231. The number of carbonyl (C=O) groups is 1. The SMILES string of the molecule is COc1ccc(S(=O)(=O)N(CC(=O)Nc2ccc(C3(C#N)CC3)cc2)Cc2ccccc2)cc1. The number of nitrogens with one attached hydrogen (secondary N) is 1. The summed E-state index contributed by atoms with van der Waals surface area (Å²) < 4.78 is 33.1. The second kappa shape index (κ2) is 9.67. The zero-order chi connectivity index (χ0) is 24.2. The second-order valence-electron chi connectivity index (χ2n) is 8.25. The van der Waals surface area contributed by atoms with Gasteiger partial charge in [0.15, 0.2) is 0 Å². The summed E-state index contributed by atoms with van der Waals surface area (Å²) in [7, 11) is -2.45. The summed E-state index contributed by atoms with van der Waals surface area (Å²) in [6.07, 6.45) is 1.68. The summed E-state index contributed by atoms with van der Waals surface area (Å²) >= 11 is 0. The summed E-state index contributed by atoms with van der Waals surface area (Å²) in [5, 5.41) is 12.1. The van der Waals surface area contributed by atoms with Crippen LogP contribution in [0.3, 0.4) is 0 Å². The summed E-state index contributed by atoms with van der Waals surface area (Å²) in [5.41, 5.74) is 1.84. The lowest BCUT2D eigenvalue weighted by atomic mass is 9.98. The van der Waals surface area contributed by atoms with E-state index >= 15 is 0 Å². The van der Waals surface area contributed by atoms with Crippen LogP contribution in [-0.4, -0.2) is 32.3 Å². The maximum atomic E-state index is 13.4. The van der Waals surface area contributed by atoms with Crippen LogP contribution in [0.15, 0.2) is 83.8 Å². The minimum absolute atomic E-state index is 0.0479. The first-order valence-electron chi connectivity index (χ1n) is 10.9. The van der Waals surface area contributed by atoms with Crippen molar-refractivity contribution in [1.82, 2.24) is 4.31 Å². The summed E-state index contributed by atoms with van der Waals surface area (Å²) in [5.74, 6) is 0.0845. The lowest BCUT2D eigenvalue weighted by Gasteiger charge is -2.22. The van der Waals surface area contributed by atoms with Crippen LogP contribution >= 0.6 is 0 Å². The minimum atomic E-state index is -3.95. The van der Waals surface area contributed by atoms with Crippen LogP contribution in [0.1, 0.15) is 24.0 Å². The molecule has 1 aliphatic carbocycles.